The molecule has 0 spiro atoms. The summed E-state index contributed by atoms with van der Waals surface area (Å²) in [5.74, 6) is 0.673. The van der Waals surface area contributed by atoms with E-state index in [0.29, 0.717) is 36.8 Å². The van der Waals surface area contributed by atoms with Crippen LogP contribution < -0.4 is 10.6 Å². The van der Waals surface area contributed by atoms with E-state index >= 15 is 4.39 Å². The Morgan fingerprint density at radius 2 is 2.00 bits per heavy atom. The summed E-state index contributed by atoms with van der Waals surface area (Å²) in [6.07, 6.45) is 3.85. The zero-order valence-corrected chi connectivity index (χ0v) is 25.8. The zero-order chi connectivity index (χ0) is 30.6. The van der Waals surface area contributed by atoms with Gasteiger partial charge in [-0.2, -0.15) is 10.2 Å². The fourth-order valence-corrected chi connectivity index (χ4v) is 8.52. The van der Waals surface area contributed by atoms with E-state index in [0.717, 1.165) is 51.8 Å². The number of aromatic nitrogens is 2. The number of hydrogen-bond donors (Lipinski definition) is 0. The van der Waals surface area contributed by atoms with Crippen molar-refractivity contribution in [2.75, 3.05) is 37.5 Å². The number of piperazine rings is 1. The molecule has 1 saturated carbocycles. The van der Waals surface area contributed by atoms with Gasteiger partial charge < -0.3 is 14.5 Å². The minimum atomic E-state index is -0.581. The zero-order valence-electron chi connectivity index (χ0n) is 25.0. The molecule has 6 rings (SSSR count). The fraction of sp³-hybridized carbons (Fsp3) is 0.455. The predicted octanol–water partition coefficient (Wildman–Crippen LogP) is 5.36. The lowest BCUT2D eigenvalue weighted by molar-refractivity contribution is -0.130. The molecule has 43 heavy (non-hydrogen) atoms. The molecule has 0 bridgehead atoms. The van der Waals surface area contributed by atoms with Crippen LogP contribution in [-0.2, 0) is 14.9 Å². The van der Waals surface area contributed by atoms with Crippen molar-refractivity contribution in [1.29, 1.82) is 5.26 Å². The summed E-state index contributed by atoms with van der Waals surface area (Å²) in [5.41, 5.74) is 2.66. The van der Waals surface area contributed by atoms with Crippen LogP contribution in [0.3, 0.4) is 0 Å². The Hall–Kier alpha value is -3.68. The molecule has 2 aliphatic heterocycles. The van der Waals surface area contributed by atoms with Gasteiger partial charge in [0.2, 0.25) is 5.91 Å². The number of thioether (sulfide) groups is 1. The highest BCUT2D eigenvalue weighted by molar-refractivity contribution is 7.99. The van der Waals surface area contributed by atoms with Crippen LogP contribution in [0.25, 0.3) is 22.0 Å². The molecule has 0 N–H and O–H groups in total. The van der Waals surface area contributed by atoms with Crippen molar-refractivity contribution in [1.82, 2.24) is 14.5 Å². The van der Waals surface area contributed by atoms with Gasteiger partial charge in [0, 0.05) is 59.4 Å². The summed E-state index contributed by atoms with van der Waals surface area (Å²) in [6, 6.07) is 9.07. The second-order valence-electron chi connectivity index (χ2n) is 12.1. The Balaban J connectivity index is 1.57. The van der Waals surface area contributed by atoms with Gasteiger partial charge >= 0.3 is 5.69 Å². The third-order valence-corrected chi connectivity index (χ3v) is 10.6. The molecule has 0 unspecified atom stereocenters. The number of carbonyl (C=O) groups excluding carboxylic acids is 1. The number of methoxy groups -OCH3 is 1. The van der Waals surface area contributed by atoms with Gasteiger partial charge in [0.15, 0.2) is 0 Å². The van der Waals surface area contributed by atoms with Crippen molar-refractivity contribution in [3.05, 3.63) is 64.3 Å². The largest absolute Gasteiger partial charge is 0.383 e. The van der Waals surface area contributed by atoms with Gasteiger partial charge in [-0.15, -0.1) is 11.8 Å². The first-order valence-corrected chi connectivity index (χ1v) is 15.8. The Kier molecular flexibility index (Phi) is 7.59. The third kappa shape index (κ3) is 4.64. The van der Waals surface area contributed by atoms with Gasteiger partial charge in [-0.25, -0.2) is 9.18 Å². The number of nitriles is 1. The molecule has 3 atom stereocenters. The number of aryl methyl sites for hydroxylation is 1. The Bertz CT molecular complexity index is 1730. The van der Waals surface area contributed by atoms with Crippen LogP contribution >= 0.6 is 11.8 Å². The van der Waals surface area contributed by atoms with Crippen LogP contribution in [0.4, 0.5) is 10.2 Å². The molecule has 10 heteroatoms. The highest BCUT2D eigenvalue weighted by Crippen LogP contribution is 2.49. The number of rotatable bonds is 6. The highest BCUT2D eigenvalue weighted by Gasteiger charge is 2.40. The molecule has 1 saturated heterocycles. The minimum Gasteiger partial charge on any atom is -0.383 e. The summed E-state index contributed by atoms with van der Waals surface area (Å²) in [6.45, 7) is 11.0. The molecule has 8 nitrogen and oxygen atoms in total. The van der Waals surface area contributed by atoms with Crippen molar-refractivity contribution in [2.45, 2.75) is 68.5 Å². The molecule has 1 aromatic heterocycles. The Morgan fingerprint density at radius 3 is 2.60 bits per heavy atom. The van der Waals surface area contributed by atoms with Crippen molar-refractivity contribution in [2.24, 2.45) is 0 Å². The smallest absolute Gasteiger partial charge is 0.350 e. The first kappa shape index (κ1) is 29.4. The summed E-state index contributed by atoms with van der Waals surface area (Å²) < 4.78 is 22.9. The van der Waals surface area contributed by atoms with Crippen molar-refractivity contribution >= 4 is 34.4 Å². The maximum absolute atomic E-state index is 15.7. The summed E-state index contributed by atoms with van der Waals surface area (Å²) >= 11 is 1.60. The van der Waals surface area contributed by atoms with Crippen LogP contribution in [0.2, 0.25) is 0 Å². The standard InChI is InChI=1S/C33H36FN5O3S/c1-6-27(40)38-20(3)14-37(15-21(38)4)31-25-12-19(2)28(24-13-22(8-9-26(24)34)33(18-35)10-7-11-33)30-29(25)39(32(41)36-31)23(16-42-5)17-43-30/h6,8-9,12-13,20-21,23H,1,7,10-11,14-17H2,2-5H3/t20-,21+,23-/m0/s1. The molecular weight excluding hydrogens is 565 g/mol. The average molecular weight is 602 g/mol. The molecular formula is C33H36FN5O3S. The van der Waals surface area contributed by atoms with Crippen LogP contribution in [0.5, 0.6) is 0 Å². The van der Waals surface area contributed by atoms with Crippen molar-refractivity contribution in [3.8, 4) is 17.2 Å². The van der Waals surface area contributed by atoms with E-state index in [9.17, 15) is 14.9 Å². The lowest BCUT2D eigenvalue weighted by Crippen LogP contribution is -2.58. The molecule has 3 aliphatic rings. The van der Waals surface area contributed by atoms with Crippen LogP contribution in [0.1, 0.15) is 50.3 Å². The summed E-state index contributed by atoms with van der Waals surface area (Å²) in [4.78, 5) is 35.8. The van der Waals surface area contributed by atoms with E-state index in [1.54, 1.807) is 29.5 Å². The predicted molar refractivity (Wildman–Crippen MR) is 167 cm³/mol. The molecule has 1 aliphatic carbocycles. The van der Waals surface area contributed by atoms with Crippen molar-refractivity contribution in [3.63, 3.8) is 0 Å². The van der Waals surface area contributed by atoms with Gasteiger partial charge in [-0.3, -0.25) is 9.36 Å². The number of hydrogen-bond acceptors (Lipinski definition) is 7. The second-order valence-corrected chi connectivity index (χ2v) is 13.1. The van der Waals surface area contributed by atoms with Crippen LogP contribution in [-0.4, -0.2) is 65.0 Å². The monoisotopic (exact) mass is 601 g/mol. The number of anilines is 1. The SMILES string of the molecule is C=CC(=O)N1[C@H](C)CN(c2nc(=O)n3c4c(c(-c5cc(C6(C#N)CCC6)ccc5F)c(C)cc24)SC[C@@H]3COC)C[C@@H]1C. The summed E-state index contributed by atoms with van der Waals surface area (Å²) in [7, 11) is 1.62. The molecule has 3 aromatic rings. The quantitative estimate of drug-likeness (QED) is 0.351. The number of ether oxygens (including phenoxy) is 1. The van der Waals surface area contributed by atoms with Gasteiger partial charge in [0.05, 0.1) is 29.6 Å². The maximum atomic E-state index is 15.7. The van der Waals surface area contributed by atoms with E-state index in [1.807, 2.05) is 37.8 Å². The van der Waals surface area contributed by atoms with Gasteiger partial charge in [0.1, 0.15) is 11.6 Å². The van der Waals surface area contributed by atoms with Gasteiger partial charge in [0.25, 0.3) is 0 Å². The molecule has 0 radical (unpaired) electrons. The Labute approximate surface area is 255 Å². The summed E-state index contributed by atoms with van der Waals surface area (Å²) in [5, 5.41) is 10.8. The average Bonchev–Trinajstić information content (AvgIpc) is 2.95. The molecule has 2 aromatic carbocycles. The molecule has 3 heterocycles. The topological polar surface area (TPSA) is 91.5 Å². The number of halogens is 1. The first-order chi connectivity index (χ1) is 20.6. The van der Waals surface area contributed by atoms with E-state index in [2.05, 4.69) is 22.5 Å². The number of nitrogens with zero attached hydrogens (tertiary/aromatic N) is 5. The number of benzene rings is 2. The maximum Gasteiger partial charge on any atom is 0.350 e. The highest BCUT2D eigenvalue weighted by atomic mass is 32.2. The van der Waals surface area contributed by atoms with Crippen LogP contribution in [0, 0.1) is 24.1 Å². The van der Waals surface area contributed by atoms with Gasteiger partial charge in [-0.05, 0) is 75.4 Å². The van der Waals surface area contributed by atoms with Crippen LogP contribution in [0.15, 0.2) is 46.6 Å². The van der Waals surface area contributed by atoms with E-state index in [4.69, 9.17) is 4.74 Å². The lowest BCUT2D eigenvalue weighted by Gasteiger charge is -2.45. The molecule has 224 valence electrons. The van der Waals surface area contributed by atoms with E-state index in [-0.39, 0.29) is 35.5 Å². The molecule has 2 fully saturated rings. The minimum absolute atomic E-state index is 0.117. The van der Waals surface area contributed by atoms with E-state index in [1.165, 1.54) is 12.1 Å². The molecule has 1 amide bonds. The normalized spacial score (nSPS) is 22.7. The third-order valence-electron chi connectivity index (χ3n) is 9.34. The van der Waals surface area contributed by atoms with E-state index < -0.39 is 5.41 Å². The lowest BCUT2D eigenvalue weighted by atomic mass is 9.65. The van der Waals surface area contributed by atoms with Crippen molar-refractivity contribution < 1.29 is 13.9 Å². The van der Waals surface area contributed by atoms with Gasteiger partial charge in [-0.1, -0.05) is 12.6 Å². The second kappa shape index (κ2) is 11.1. The first-order valence-electron chi connectivity index (χ1n) is 14.8. The number of carbonyl (C=O) groups is 1. The Morgan fingerprint density at radius 1 is 1.28 bits per heavy atom. The fourth-order valence-electron chi connectivity index (χ4n) is 7.16. The number of amides is 1.